The molecule has 1 atom stereocenters. The van der Waals surface area contributed by atoms with E-state index in [0.29, 0.717) is 37.3 Å². The smallest absolute Gasteiger partial charge is 0.264 e. The van der Waals surface area contributed by atoms with Crippen LogP contribution in [-0.2, 0) is 16.4 Å². The number of nitrogens with zero attached hydrogens (tertiary/aromatic N) is 2. The number of fused-ring (bicyclic) bond motifs is 1. The van der Waals surface area contributed by atoms with Crippen molar-refractivity contribution in [2.24, 2.45) is 0 Å². The van der Waals surface area contributed by atoms with E-state index in [2.05, 4.69) is 5.32 Å². The van der Waals surface area contributed by atoms with Crippen molar-refractivity contribution in [3.63, 3.8) is 0 Å². The van der Waals surface area contributed by atoms with Crippen molar-refractivity contribution in [1.82, 2.24) is 10.2 Å². The van der Waals surface area contributed by atoms with Gasteiger partial charge in [-0.3, -0.25) is 13.9 Å². The SMILES string of the molecule is O=C(NC1CCCN(C(=O)c2ccccc2)C1)c1cccc(S(=O)(=O)N2CCc3ccccc32)c1. The number of carbonyl (C=O) groups is 2. The van der Waals surface area contributed by atoms with Crippen LogP contribution >= 0.6 is 0 Å². The Labute approximate surface area is 205 Å². The molecular formula is C27H27N3O4S. The van der Waals surface area contributed by atoms with Gasteiger partial charge in [0.05, 0.1) is 10.6 Å². The quantitative estimate of drug-likeness (QED) is 0.595. The van der Waals surface area contributed by atoms with E-state index in [1.54, 1.807) is 29.2 Å². The summed E-state index contributed by atoms with van der Waals surface area (Å²) in [7, 11) is -3.79. The van der Waals surface area contributed by atoms with Crippen molar-refractivity contribution < 1.29 is 18.0 Å². The van der Waals surface area contributed by atoms with Crippen molar-refractivity contribution >= 4 is 27.5 Å². The summed E-state index contributed by atoms with van der Waals surface area (Å²) in [5, 5.41) is 2.99. The summed E-state index contributed by atoms with van der Waals surface area (Å²) < 4.78 is 28.1. The number of carbonyl (C=O) groups excluding carboxylic acids is 2. The second-order valence-electron chi connectivity index (χ2n) is 8.91. The lowest BCUT2D eigenvalue weighted by molar-refractivity contribution is 0.0676. The third kappa shape index (κ3) is 4.66. The molecule has 2 aliphatic heterocycles. The van der Waals surface area contributed by atoms with E-state index < -0.39 is 10.0 Å². The number of anilines is 1. The molecule has 1 saturated heterocycles. The van der Waals surface area contributed by atoms with Crippen LogP contribution in [0.25, 0.3) is 0 Å². The van der Waals surface area contributed by atoms with Crippen LogP contribution in [0.3, 0.4) is 0 Å². The zero-order valence-electron chi connectivity index (χ0n) is 19.3. The first-order valence-electron chi connectivity index (χ1n) is 11.8. The van der Waals surface area contributed by atoms with Crippen LogP contribution in [0.15, 0.2) is 83.8 Å². The summed E-state index contributed by atoms with van der Waals surface area (Å²) in [6, 6.07) is 22.5. The first kappa shape index (κ1) is 23.1. The monoisotopic (exact) mass is 489 g/mol. The minimum Gasteiger partial charge on any atom is -0.348 e. The van der Waals surface area contributed by atoms with Gasteiger partial charge in [-0.2, -0.15) is 0 Å². The van der Waals surface area contributed by atoms with Gasteiger partial charge >= 0.3 is 0 Å². The molecule has 180 valence electrons. The topological polar surface area (TPSA) is 86.8 Å². The lowest BCUT2D eigenvalue weighted by atomic mass is 10.0. The Morgan fingerprint density at radius 2 is 1.60 bits per heavy atom. The summed E-state index contributed by atoms with van der Waals surface area (Å²) >= 11 is 0. The maximum Gasteiger partial charge on any atom is 0.264 e. The number of nitrogens with one attached hydrogen (secondary N) is 1. The van der Waals surface area contributed by atoms with Gasteiger partial charge in [-0.1, -0.05) is 42.5 Å². The van der Waals surface area contributed by atoms with Gasteiger partial charge in [-0.05, 0) is 61.2 Å². The Balaban J connectivity index is 1.29. The van der Waals surface area contributed by atoms with Crippen LogP contribution in [0, 0.1) is 0 Å². The van der Waals surface area contributed by atoms with Crippen LogP contribution in [0.1, 0.15) is 39.1 Å². The number of hydrogen-bond acceptors (Lipinski definition) is 4. The van der Waals surface area contributed by atoms with Gasteiger partial charge < -0.3 is 10.2 Å². The fourth-order valence-electron chi connectivity index (χ4n) is 4.79. The normalized spacial score (nSPS) is 17.7. The minimum absolute atomic E-state index is 0.0523. The number of amides is 2. The van der Waals surface area contributed by atoms with Gasteiger partial charge in [0.2, 0.25) is 0 Å². The van der Waals surface area contributed by atoms with E-state index in [-0.39, 0.29) is 28.3 Å². The number of para-hydroxylation sites is 1. The van der Waals surface area contributed by atoms with Crippen molar-refractivity contribution in [1.29, 1.82) is 0 Å². The molecule has 0 radical (unpaired) electrons. The summed E-state index contributed by atoms with van der Waals surface area (Å²) in [5.74, 6) is -0.397. The number of piperidine rings is 1. The molecule has 3 aromatic rings. The zero-order chi connectivity index (χ0) is 24.4. The fraction of sp³-hybridized carbons (Fsp3) is 0.259. The number of rotatable bonds is 5. The van der Waals surface area contributed by atoms with E-state index in [1.165, 1.54) is 16.4 Å². The minimum atomic E-state index is -3.79. The maximum absolute atomic E-state index is 13.4. The van der Waals surface area contributed by atoms with Crippen molar-refractivity contribution in [2.75, 3.05) is 23.9 Å². The standard InChI is InChI=1S/C27H27N3O4S/c31-26(28-23-12-7-16-29(19-23)27(32)21-9-2-1-3-10-21)22-11-6-13-24(18-22)35(33,34)30-17-15-20-8-4-5-14-25(20)30/h1-6,8-11,13-14,18,23H,7,12,15-17,19H2,(H,28,31). The van der Waals surface area contributed by atoms with Crippen LogP contribution in [0.5, 0.6) is 0 Å². The molecule has 1 N–H and O–H groups in total. The summed E-state index contributed by atoms with van der Waals surface area (Å²) in [4.78, 5) is 27.7. The maximum atomic E-state index is 13.4. The van der Waals surface area contributed by atoms with Crippen LogP contribution in [0.4, 0.5) is 5.69 Å². The van der Waals surface area contributed by atoms with Crippen molar-refractivity contribution in [3.05, 3.63) is 95.6 Å². The third-order valence-corrected chi connectivity index (χ3v) is 8.40. The largest absolute Gasteiger partial charge is 0.348 e. The van der Waals surface area contributed by atoms with E-state index in [0.717, 1.165) is 18.4 Å². The highest BCUT2D eigenvalue weighted by molar-refractivity contribution is 7.92. The lowest BCUT2D eigenvalue weighted by Crippen LogP contribution is -2.49. The molecule has 35 heavy (non-hydrogen) atoms. The third-order valence-electron chi connectivity index (χ3n) is 6.59. The molecular weight excluding hydrogens is 462 g/mol. The number of sulfonamides is 1. The molecule has 3 aromatic carbocycles. The zero-order valence-corrected chi connectivity index (χ0v) is 20.1. The first-order chi connectivity index (χ1) is 16.9. The molecule has 0 saturated carbocycles. The fourth-order valence-corrected chi connectivity index (χ4v) is 6.34. The van der Waals surface area contributed by atoms with Crippen molar-refractivity contribution in [3.8, 4) is 0 Å². The molecule has 2 amide bonds. The summed E-state index contributed by atoms with van der Waals surface area (Å²) in [6.07, 6.45) is 2.20. The second kappa shape index (κ2) is 9.54. The van der Waals surface area contributed by atoms with E-state index in [4.69, 9.17) is 0 Å². The Morgan fingerprint density at radius 3 is 2.43 bits per heavy atom. The summed E-state index contributed by atoms with van der Waals surface area (Å²) in [5.41, 5.74) is 2.59. The van der Waals surface area contributed by atoms with Crippen LogP contribution in [0.2, 0.25) is 0 Å². The molecule has 0 aliphatic carbocycles. The molecule has 0 aromatic heterocycles. The highest BCUT2D eigenvalue weighted by Crippen LogP contribution is 2.32. The molecule has 8 heteroatoms. The number of benzene rings is 3. The number of likely N-dealkylation sites (tertiary alicyclic amines) is 1. The molecule has 5 rings (SSSR count). The predicted molar refractivity (Wildman–Crippen MR) is 134 cm³/mol. The summed E-state index contributed by atoms with van der Waals surface area (Å²) in [6.45, 7) is 1.44. The van der Waals surface area contributed by atoms with Gasteiger partial charge in [-0.15, -0.1) is 0 Å². The molecule has 2 heterocycles. The van der Waals surface area contributed by atoms with Crippen LogP contribution in [-0.4, -0.2) is 50.8 Å². The predicted octanol–water partition coefficient (Wildman–Crippen LogP) is 3.47. The first-order valence-corrected chi connectivity index (χ1v) is 13.2. The Morgan fingerprint density at radius 1 is 0.857 bits per heavy atom. The Hall–Kier alpha value is -3.65. The van der Waals surface area contributed by atoms with E-state index >= 15 is 0 Å². The van der Waals surface area contributed by atoms with Gasteiger partial charge in [0.25, 0.3) is 21.8 Å². The molecule has 0 bridgehead atoms. The van der Waals surface area contributed by atoms with Crippen LogP contribution < -0.4 is 9.62 Å². The molecule has 0 spiro atoms. The molecule has 1 fully saturated rings. The second-order valence-corrected chi connectivity index (χ2v) is 10.8. The molecule has 1 unspecified atom stereocenters. The van der Waals surface area contributed by atoms with E-state index in [9.17, 15) is 18.0 Å². The van der Waals surface area contributed by atoms with E-state index in [1.807, 2.05) is 42.5 Å². The van der Waals surface area contributed by atoms with Gasteiger partial charge in [-0.25, -0.2) is 8.42 Å². The van der Waals surface area contributed by atoms with Crippen molar-refractivity contribution in [2.45, 2.75) is 30.2 Å². The van der Waals surface area contributed by atoms with Gasteiger partial charge in [0.1, 0.15) is 0 Å². The average molecular weight is 490 g/mol. The average Bonchev–Trinajstić information content (AvgIpc) is 3.34. The highest BCUT2D eigenvalue weighted by Gasteiger charge is 2.31. The Kier molecular flexibility index (Phi) is 6.30. The molecule has 2 aliphatic rings. The Bertz CT molecular complexity index is 1360. The number of hydrogen-bond donors (Lipinski definition) is 1. The van der Waals surface area contributed by atoms with Gasteiger partial charge in [0, 0.05) is 36.8 Å². The van der Waals surface area contributed by atoms with Gasteiger partial charge in [0.15, 0.2) is 0 Å². The highest BCUT2D eigenvalue weighted by atomic mass is 32.2. The molecule has 7 nitrogen and oxygen atoms in total. The lowest BCUT2D eigenvalue weighted by Gasteiger charge is -2.33.